The van der Waals surface area contributed by atoms with Gasteiger partial charge in [-0.25, -0.2) is 0 Å². The molecule has 16 heavy (non-hydrogen) atoms. The fraction of sp³-hybridized carbons (Fsp3) is 0.571. The molecule has 1 nitrogen and oxygen atoms in total. The van der Waals surface area contributed by atoms with E-state index in [4.69, 9.17) is 5.73 Å². The average molecular weight is 235 g/mol. The molecule has 0 heterocycles. The number of thioether (sulfide) groups is 1. The summed E-state index contributed by atoms with van der Waals surface area (Å²) in [6.07, 6.45) is 3.90. The van der Waals surface area contributed by atoms with Crippen molar-refractivity contribution in [2.24, 2.45) is 5.73 Å². The van der Waals surface area contributed by atoms with Crippen molar-refractivity contribution >= 4 is 11.8 Å². The summed E-state index contributed by atoms with van der Waals surface area (Å²) >= 11 is 2.01. The van der Waals surface area contributed by atoms with Crippen LogP contribution < -0.4 is 5.73 Å². The fourth-order valence-electron chi connectivity index (χ4n) is 2.46. The lowest BCUT2D eigenvalue weighted by Crippen LogP contribution is -2.41. The Balaban J connectivity index is 2.27. The van der Waals surface area contributed by atoms with Gasteiger partial charge in [-0.05, 0) is 44.7 Å². The first-order valence-electron chi connectivity index (χ1n) is 6.03. The topological polar surface area (TPSA) is 26.0 Å². The maximum absolute atomic E-state index is 5.93. The predicted octanol–water partition coefficient (Wildman–Crippen LogP) is 3.59. The summed E-state index contributed by atoms with van der Waals surface area (Å²) in [5.74, 6) is 0. The zero-order valence-electron chi connectivity index (χ0n) is 10.5. The lowest BCUT2D eigenvalue weighted by Gasteiger charge is -2.41. The van der Waals surface area contributed by atoms with E-state index in [-0.39, 0.29) is 0 Å². The standard InChI is InChI=1S/C14H21NS/c1-10-7-11(2)13(12(3)8-10)16-14(9-15)5-4-6-14/h7-8H,4-6,9,15H2,1-3H3. The largest absolute Gasteiger partial charge is 0.329 e. The minimum atomic E-state index is 0.338. The van der Waals surface area contributed by atoms with E-state index in [0.717, 1.165) is 6.54 Å². The highest BCUT2D eigenvalue weighted by Gasteiger charge is 2.37. The van der Waals surface area contributed by atoms with Gasteiger partial charge in [-0.15, -0.1) is 11.8 Å². The summed E-state index contributed by atoms with van der Waals surface area (Å²) < 4.78 is 0.338. The summed E-state index contributed by atoms with van der Waals surface area (Å²) in [7, 11) is 0. The Morgan fingerprint density at radius 2 is 1.75 bits per heavy atom. The van der Waals surface area contributed by atoms with Crippen LogP contribution in [0.15, 0.2) is 17.0 Å². The number of hydrogen-bond donors (Lipinski definition) is 1. The van der Waals surface area contributed by atoms with Gasteiger partial charge in [0.1, 0.15) is 0 Å². The zero-order valence-corrected chi connectivity index (χ0v) is 11.3. The van der Waals surface area contributed by atoms with Crippen LogP contribution in [0.2, 0.25) is 0 Å². The third-order valence-corrected chi connectivity index (χ3v) is 5.42. The van der Waals surface area contributed by atoms with Crippen molar-refractivity contribution < 1.29 is 0 Å². The second kappa shape index (κ2) is 4.42. The third-order valence-electron chi connectivity index (χ3n) is 3.56. The van der Waals surface area contributed by atoms with Crippen LogP contribution in [0.3, 0.4) is 0 Å². The zero-order chi connectivity index (χ0) is 11.8. The van der Waals surface area contributed by atoms with Crippen molar-refractivity contribution in [3.05, 3.63) is 28.8 Å². The molecule has 0 aliphatic heterocycles. The molecule has 0 spiro atoms. The maximum atomic E-state index is 5.93. The lowest BCUT2D eigenvalue weighted by molar-refractivity contribution is 0.371. The van der Waals surface area contributed by atoms with E-state index in [1.54, 1.807) is 0 Å². The summed E-state index contributed by atoms with van der Waals surface area (Å²) in [6, 6.07) is 4.55. The summed E-state index contributed by atoms with van der Waals surface area (Å²) in [5.41, 5.74) is 10.1. The van der Waals surface area contributed by atoms with Crippen LogP contribution in [-0.4, -0.2) is 11.3 Å². The Hall–Kier alpha value is -0.470. The number of benzene rings is 1. The van der Waals surface area contributed by atoms with Crippen molar-refractivity contribution in [1.29, 1.82) is 0 Å². The molecule has 0 radical (unpaired) electrons. The van der Waals surface area contributed by atoms with E-state index < -0.39 is 0 Å². The first kappa shape index (κ1) is 12.0. The van der Waals surface area contributed by atoms with Gasteiger partial charge in [-0.2, -0.15) is 0 Å². The smallest absolute Gasteiger partial charge is 0.0329 e. The fourth-order valence-corrected chi connectivity index (χ4v) is 3.91. The molecule has 0 unspecified atom stereocenters. The molecule has 2 heteroatoms. The van der Waals surface area contributed by atoms with Crippen LogP contribution in [-0.2, 0) is 0 Å². The molecule has 88 valence electrons. The van der Waals surface area contributed by atoms with E-state index in [9.17, 15) is 0 Å². The quantitative estimate of drug-likeness (QED) is 0.866. The van der Waals surface area contributed by atoms with Crippen molar-refractivity contribution in [2.75, 3.05) is 6.54 Å². The van der Waals surface area contributed by atoms with Gasteiger partial charge in [0.05, 0.1) is 0 Å². The molecule has 1 saturated carbocycles. The summed E-state index contributed by atoms with van der Waals surface area (Å²) in [4.78, 5) is 1.45. The SMILES string of the molecule is Cc1cc(C)c(SC2(CN)CCC2)c(C)c1. The number of nitrogens with two attached hydrogens (primary N) is 1. The Morgan fingerprint density at radius 1 is 1.19 bits per heavy atom. The van der Waals surface area contributed by atoms with Crippen molar-refractivity contribution in [2.45, 2.75) is 49.7 Å². The minimum Gasteiger partial charge on any atom is -0.329 e. The van der Waals surface area contributed by atoms with E-state index >= 15 is 0 Å². The molecule has 2 rings (SSSR count). The first-order chi connectivity index (χ1) is 7.56. The van der Waals surface area contributed by atoms with Gasteiger partial charge in [-0.1, -0.05) is 24.1 Å². The number of hydrogen-bond acceptors (Lipinski definition) is 2. The highest BCUT2D eigenvalue weighted by atomic mass is 32.2. The van der Waals surface area contributed by atoms with Crippen LogP contribution in [0.25, 0.3) is 0 Å². The molecular weight excluding hydrogens is 214 g/mol. The van der Waals surface area contributed by atoms with Gasteiger partial charge in [0.15, 0.2) is 0 Å². The molecule has 0 atom stereocenters. The van der Waals surface area contributed by atoms with Gasteiger partial charge in [0, 0.05) is 16.2 Å². The molecule has 0 aromatic heterocycles. The summed E-state index contributed by atoms with van der Waals surface area (Å²) in [6.45, 7) is 7.40. The molecule has 1 aromatic carbocycles. The minimum absolute atomic E-state index is 0.338. The number of rotatable bonds is 3. The van der Waals surface area contributed by atoms with E-state index in [2.05, 4.69) is 32.9 Å². The molecule has 1 fully saturated rings. The molecule has 1 aliphatic carbocycles. The first-order valence-corrected chi connectivity index (χ1v) is 6.85. The molecule has 2 N–H and O–H groups in total. The lowest BCUT2D eigenvalue weighted by atomic mass is 9.84. The Morgan fingerprint density at radius 3 is 2.12 bits per heavy atom. The van der Waals surface area contributed by atoms with E-state index in [0.29, 0.717) is 4.75 Å². The van der Waals surface area contributed by atoms with E-state index in [1.807, 2.05) is 11.8 Å². The van der Waals surface area contributed by atoms with Crippen LogP contribution in [0.4, 0.5) is 0 Å². The average Bonchev–Trinajstić information content (AvgIpc) is 2.14. The highest BCUT2D eigenvalue weighted by Crippen LogP contribution is 2.48. The monoisotopic (exact) mass is 235 g/mol. The highest BCUT2D eigenvalue weighted by molar-refractivity contribution is 8.00. The Kier molecular flexibility index (Phi) is 3.32. The molecule has 0 amide bonds. The van der Waals surface area contributed by atoms with Gasteiger partial charge < -0.3 is 5.73 Å². The Labute approximate surface area is 103 Å². The second-order valence-electron chi connectivity index (χ2n) is 5.07. The van der Waals surface area contributed by atoms with Crippen molar-refractivity contribution in [1.82, 2.24) is 0 Å². The van der Waals surface area contributed by atoms with Gasteiger partial charge in [-0.3, -0.25) is 0 Å². The van der Waals surface area contributed by atoms with Crippen molar-refractivity contribution in [3.8, 4) is 0 Å². The molecule has 0 bridgehead atoms. The maximum Gasteiger partial charge on any atom is 0.0329 e. The third kappa shape index (κ3) is 2.14. The predicted molar refractivity (Wildman–Crippen MR) is 72.1 cm³/mol. The van der Waals surface area contributed by atoms with Crippen LogP contribution in [0.5, 0.6) is 0 Å². The van der Waals surface area contributed by atoms with Crippen LogP contribution >= 0.6 is 11.8 Å². The van der Waals surface area contributed by atoms with Gasteiger partial charge in [0.2, 0.25) is 0 Å². The molecular formula is C14H21NS. The van der Waals surface area contributed by atoms with Gasteiger partial charge in [0.25, 0.3) is 0 Å². The summed E-state index contributed by atoms with van der Waals surface area (Å²) in [5, 5.41) is 0. The second-order valence-corrected chi connectivity index (χ2v) is 6.55. The molecule has 1 aromatic rings. The van der Waals surface area contributed by atoms with Crippen LogP contribution in [0.1, 0.15) is 36.0 Å². The van der Waals surface area contributed by atoms with Gasteiger partial charge >= 0.3 is 0 Å². The normalized spacial score (nSPS) is 18.2. The molecule has 0 saturated heterocycles. The van der Waals surface area contributed by atoms with Crippen LogP contribution in [0, 0.1) is 20.8 Å². The molecule has 1 aliphatic rings. The number of aryl methyl sites for hydroxylation is 3. The Bertz CT molecular complexity index is 365. The van der Waals surface area contributed by atoms with Crippen molar-refractivity contribution in [3.63, 3.8) is 0 Å². The van der Waals surface area contributed by atoms with E-state index in [1.165, 1.54) is 40.8 Å².